The van der Waals surface area contributed by atoms with Gasteiger partial charge in [-0.1, -0.05) is 47.1 Å². The molecule has 1 aromatic heterocycles. The second-order valence-electron chi connectivity index (χ2n) is 17.2. The van der Waals surface area contributed by atoms with Crippen LogP contribution in [0.2, 0.25) is 0 Å². The molecule has 5 aliphatic carbocycles. The third-order valence-electron chi connectivity index (χ3n) is 14.6. The predicted octanol–water partition coefficient (Wildman–Crippen LogP) is 6.67. The van der Waals surface area contributed by atoms with Crippen molar-refractivity contribution in [3.05, 3.63) is 41.7 Å². The molecular formula is C37H53N2O4+. The number of fused-ring (bicyclic) bond motifs is 7. The first kappa shape index (κ1) is 30.5. The largest absolute Gasteiger partial charge is 0.481 e. The molecule has 5 aliphatic rings. The Morgan fingerprint density at radius 3 is 2.33 bits per heavy atom. The van der Waals surface area contributed by atoms with Crippen LogP contribution in [0.15, 0.2) is 36.2 Å². The Hall–Kier alpha value is -2.50. The predicted molar refractivity (Wildman–Crippen MR) is 166 cm³/mol. The van der Waals surface area contributed by atoms with Crippen molar-refractivity contribution in [2.24, 2.45) is 57.3 Å². The van der Waals surface area contributed by atoms with Crippen molar-refractivity contribution in [1.29, 1.82) is 0 Å². The van der Waals surface area contributed by atoms with Gasteiger partial charge in [0.25, 0.3) is 5.91 Å². The quantitative estimate of drug-likeness (QED) is 0.385. The van der Waals surface area contributed by atoms with Crippen molar-refractivity contribution >= 4 is 17.7 Å². The second-order valence-corrected chi connectivity index (χ2v) is 17.2. The minimum atomic E-state index is -0.738. The Morgan fingerprint density at radius 2 is 1.65 bits per heavy atom. The minimum absolute atomic E-state index is 0.0292. The molecule has 0 spiro atoms. The highest BCUT2D eigenvalue weighted by molar-refractivity contribution is 5.96. The molecule has 0 aromatic carbocycles. The van der Waals surface area contributed by atoms with E-state index in [4.69, 9.17) is 0 Å². The summed E-state index contributed by atoms with van der Waals surface area (Å²) in [5.74, 6) is -0.0901. The molecule has 43 heavy (non-hydrogen) atoms. The average molecular weight is 590 g/mol. The molecule has 1 heterocycles. The van der Waals surface area contributed by atoms with E-state index in [2.05, 4.69) is 46.9 Å². The number of carbonyl (C=O) groups excluding carboxylic acids is 2. The van der Waals surface area contributed by atoms with Crippen LogP contribution in [0.3, 0.4) is 0 Å². The molecule has 6 nitrogen and oxygen atoms in total. The minimum Gasteiger partial charge on any atom is -0.481 e. The van der Waals surface area contributed by atoms with Gasteiger partial charge in [-0.25, -0.2) is 4.57 Å². The van der Waals surface area contributed by atoms with E-state index < -0.39 is 11.4 Å². The van der Waals surface area contributed by atoms with Crippen molar-refractivity contribution in [3.8, 4) is 0 Å². The summed E-state index contributed by atoms with van der Waals surface area (Å²) in [6.07, 6.45) is 14.0. The Kier molecular flexibility index (Phi) is 6.74. The van der Waals surface area contributed by atoms with Gasteiger partial charge in [-0.2, -0.15) is 0 Å². The number of amides is 1. The molecule has 9 atom stereocenters. The topological polar surface area (TPSA) is 87.4 Å². The molecule has 1 amide bonds. The molecule has 0 radical (unpaired) electrons. The maximum atomic E-state index is 14.6. The van der Waals surface area contributed by atoms with Crippen LogP contribution in [-0.4, -0.2) is 28.8 Å². The van der Waals surface area contributed by atoms with Gasteiger partial charge < -0.3 is 10.4 Å². The van der Waals surface area contributed by atoms with Crippen molar-refractivity contribution in [1.82, 2.24) is 5.32 Å². The van der Waals surface area contributed by atoms with Crippen LogP contribution in [0, 0.1) is 50.2 Å². The maximum Gasteiger partial charge on any atom is 0.309 e. The lowest BCUT2D eigenvalue weighted by atomic mass is 9.33. The molecule has 4 saturated carbocycles. The highest BCUT2D eigenvalue weighted by Crippen LogP contribution is 2.75. The Bertz CT molecular complexity index is 1410. The smallest absolute Gasteiger partial charge is 0.309 e. The van der Waals surface area contributed by atoms with E-state index in [1.165, 1.54) is 5.57 Å². The van der Waals surface area contributed by atoms with E-state index in [-0.39, 0.29) is 56.6 Å². The monoisotopic (exact) mass is 589 g/mol. The zero-order valence-electron chi connectivity index (χ0n) is 27.7. The van der Waals surface area contributed by atoms with Crippen molar-refractivity contribution in [3.63, 3.8) is 0 Å². The molecule has 0 saturated heterocycles. The number of rotatable bonds is 3. The highest BCUT2D eigenvalue weighted by Gasteiger charge is 2.70. The number of carboxylic acid groups (broad SMARTS) is 1. The number of nitrogens with one attached hydrogen (secondary N) is 1. The Balaban J connectivity index is 1.34. The van der Waals surface area contributed by atoms with E-state index in [0.29, 0.717) is 24.3 Å². The summed E-state index contributed by atoms with van der Waals surface area (Å²) in [6.45, 7) is 16.1. The van der Waals surface area contributed by atoms with Crippen LogP contribution in [0.25, 0.3) is 0 Å². The molecule has 0 aliphatic heterocycles. The van der Waals surface area contributed by atoms with Crippen molar-refractivity contribution in [2.45, 2.75) is 112 Å². The van der Waals surface area contributed by atoms with E-state index in [1.807, 2.05) is 49.1 Å². The fraction of sp³-hybridized carbons (Fsp3) is 0.730. The lowest BCUT2D eigenvalue weighted by molar-refractivity contribution is -0.671. The normalized spacial score (nSPS) is 45.0. The van der Waals surface area contributed by atoms with Crippen LogP contribution in [0.5, 0.6) is 0 Å². The first-order chi connectivity index (χ1) is 19.9. The molecule has 0 bridgehead atoms. The van der Waals surface area contributed by atoms with Crippen LogP contribution in [0.1, 0.15) is 117 Å². The first-order valence-corrected chi connectivity index (χ1v) is 16.7. The van der Waals surface area contributed by atoms with Gasteiger partial charge in [-0.15, -0.1) is 0 Å². The van der Waals surface area contributed by atoms with Gasteiger partial charge in [-0.3, -0.25) is 14.4 Å². The Labute approximate surface area is 258 Å². The van der Waals surface area contributed by atoms with Crippen LogP contribution in [0.4, 0.5) is 0 Å². The zero-order chi connectivity index (χ0) is 31.4. The summed E-state index contributed by atoms with van der Waals surface area (Å²) < 4.78 is 1.90. The number of carbonyl (C=O) groups is 3. The molecule has 1 unspecified atom stereocenters. The van der Waals surface area contributed by atoms with Gasteiger partial charge in [0.15, 0.2) is 18.2 Å². The lowest BCUT2D eigenvalue weighted by Gasteiger charge is -2.70. The standard InChI is InChI=1S/C37H52N2O4/c1-32(2)27-11-14-37(7)29(35(27,5)13-12-28(32)38-30(41)23-10-9-19-39(8)22-23)26(40)20-24-25-21-34(4,31(42)43)16-15-33(25,3)17-18-36(24,37)6/h9-10,19-20,22,25,27-29H,11-18,21H2,1-8H3,(H-,38,41,42,43)/p+1/t25-,27-,28?,29+,33+,34-,35-,36+,37+/m0/s1. The third kappa shape index (κ3) is 4.16. The molecule has 6 heteroatoms. The molecule has 4 fully saturated rings. The number of aliphatic carboxylic acids is 1. The van der Waals surface area contributed by atoms with Crippen molar-refractivity contribution < 1.29 is 24.1 Å². The number of aryl methyl sites for hydroxylation is 1. The van der Waals surface area contributed by atoms with E-state index in [1.54, 1.807) is 0 Å². The summed E-state index contributed by atoms with van der Waals surface area (Å²) in [7, 11) is 1.93. The average Bonchev–Trinajstić information content (AvgIpc) is 2.92. The number of aromatic nitrogens is 1. The molecule has 2 N–H and O–H groups in total. The SMILES string of the molecule is C[n+]1cccc(C(=O)NC2CC[C@]3(C)[C@H]4C(=O)C=C5[C@@H]6C[C@@](C)(C(=O)O)CC[C@]6(C)CC[C@@]5(C)[C@]4(C)CC[C@H]3C2(C)C)c1. The van der Waals surface area contributed by atoms with Gasteiger partial charge in [-0.05, 0) is 116 Å². The van der Waals surface area contributed by atoms with Gasteiger partial charge in [0.05, 0.1) is 5.41 Å². The molecule has 234 valence electrons. The van der Waals surface area contributed by atoms with E-state index >= 15 is 0 Å². The van der Waals surface area contributed by atoms with E-state index in [0.717, 1.165) is 44.9 Å². The fourth-order valence-corrected chi connectivity index (χ4v) is 11.6. The number of pyridine rings is 1. The van der Waals surface area contributed by atoms with Gasteiger partial charge >= 0.3 is 5.97 Å². The van der Waals surface area contributed by atoms with E-state index in [9.17, 15) is 19.5 Å². The highest BCUT2D eigenvalue weighted by atomic mass is 16.4. The van der Waals surface area contributed by atoms with Crippen molar-refractivity contribution in [2.75, 3.05) is 0 Å². The number of hydrogen-bond acceptors (Lipinski definition) is 3. The first-order valence-electron chi connectivity index (χ1n) is 16.7. The van der Waals surface area contributed by atoms with Gasteiger partial charge in [0, 0.05) is 18.0 Å². The van der Waals surface area contributed by atoms with Gasteiger partial charge in [0.1, 0.15) is 12.6 Å². The molecule has 6 rings (SSSR count). The Morgan fingerprint density at radius 1 is 0.953 bits per heavy atom. The zero-order valence-corrected chi connectivity index (χ0v) is 27.7. The second kappa shape index (κ2) is 9.50. The summed E-state index contributed by atoms with van der Waals surface area (Å²) in [5.41, 5.74) is 0.615. The summed E-state index contributed by atoms with van der Waals surface area (Å²) in [5, 5.41) is 13.6. The third-order valence-corrected chi connectivity index (χ3v) is 14.6. The number of nitrogens with zero attached hydrogens (tertiary/aromatic N) is 1. The van der Waals surface area contributed by atoms with Crippen LogP contribution >= 0.6 is 0 Å². The maximum absolute atomic E-state index is 14.6. The number of ketones is 1. The summed E-state index contributed by atoms with van der Waals surface area (Å²) in [6, 6.07) is 3.81. The fourth-order valence-electron chi connectivity index (χ4n) is 11.6. The number of hydrogen-bond donors (Lipinski definition) is 2. The van der Waals surface area contributed by atoms with Gasteiger partial charge in [0.2, 0.25) is 0 Å². The van der Waals surface area contributed by atoms with Crippen LogP contribution < -0.4 is 9.88 Å². The molecular weight excluding hydrogens is 536 g/mol. The number of allylic oxidation sites excluding steroid dienone is 2. The molecule has 1 aromatic rings. The summed E-state index contributed by atoms with van der Waals surface area (Å²) >= 11 is 0. The lowest BCUT2D eigenvalue weighted by Crippen LogP contribution is -2.67. The summed E-state index contributed by atoms with van der Waals surface area (Å²) in [4.78, 5) is 40.3. The van der Waals surface area contributed by atoms with Crippen LogP contribution in [-0.2, 0) is 16.6 Å². The number of carboxylic acids is 1.